The molecule has 0 spiro atoms. The minimum Gasteiger partial charge on any atom is -0.480 e. The van der Waals surface area contributed by atoms with Crippen molar-refractivity contribution in [2.24, 2.45) is 0 Å². The average Bonchev–Trinajstić information content (AvgIpc) is 2.95. The van der Waals surface area contributed by atoms with E-state index in [1.165, 1.54) is 12.1 Å². The molecule has 18 heavy (non-hydrogen) atoms. The van der Waals surface area contributed by atoms with Crippen LogP contribution in [-0.4, -0.2) is 28.6 Å². The normalized spacial score (nSPS) is 19.6. The van der Waals surface area contributed by atoms with E-state index in [-0.39, 0.29) is 11.5 Å². The van der Waals surface area contributed by atoms with E-state index < -0.39 is 17.8 Å². The van der Waals surface area contributed by atoms with Crippen LogP contribution in [-0.2, 0) is 4.79 Å². The van der Waals surface area contributed by atoms with Gasteiger partial charge < -0.3 is 14.4 Å². The number of rotatable bonds is 2. The number of para-hydroxylation sites is 1. The van der Waals surface area contributed by atoms with Gasteiger partial charge in [-0.15, -0.1) is 0 Å². The first-order chi connectivity index (χ1) is 8.66. The van der Waals surface area contributed by atoms with Crippen LogP contribution in [0.2, 0.25) is 0 Å². The van der Waals surface area contributed by atoms with Crippen molar-refractivity contribution in [2.45, 2.75) is 18.9 Å². The molecule has 0 radical (unpaired) electrons. The molecule has 1 saturated heterocycles. The quantitative estimate of drug-likeness (QED) is 0.883. The van der Waals surface area contributed by atoms with Crippen LogP contribution in [0.4, 0.5) is 10.4 Å². The van der Waals surface area contributed by atoms with E-state index in [0.29, 0.717) is 18.5 Å². The van der Waals surface area contributed by atoms with Crippen molar-refractivity contribution < 1.29 is 18.7 Å². The fourth-order valence-electron chi connectivity index (χ4n) is 2.28. The predicted molar refractivity (Wildman–Crippen MR) is 62.0 cm³/mol. The van der Waals surface area contributed by atoms with E-state index in [4.69, 9.17) is 9.52 Å². The lowest BCUT2D eigenvalue weighted by atomic mass is 10.2. The van der Waals surface area contributed by atoms with Gasteiger partial charge in [0.15, 0.2) is 11.4 Å². The van der Waals surface area contributed by atoms with Gasteiger partial charge >= 0.3 is 5.97 Å². The second-order valence-corrected chi connectivity index (χ2v) is 4.27. The van der Waals surface area contributed by atoms with Crippen LogP contribution in [0.15, 0.2) is 22.6 Å². The molecule has 0 amide bonds. The minimum atomic E-state index is -0.907. The molecular formula is C12H11FN2O3. The number of carboxylic acids is 1. The van der Waals surface area contributed by atoms with Crippen molar-refractivity contribution in [1.29, 1.82) is 0 Å². The average molecular weight is 250 g/mol. The summed E-state index contributed by atoms with van der Waals surface area (Å²) in [5.41, 5.74) is 0.476. The van der Waals surface area contributed by atoms with Gasteiger partial charge in [-0.1, -0.05) is 6.07 Å². The lowest BCUT2D eigenvalue weighted by molar-refractivity contribution is -0.138. The third-order valence-corrected chi connectivity index (χ3v) is 3.14. The molecule has 1 aromatic heterocycles. The minimum absolute atomic E-state index is 0.142. The Morgan fingerprint density at radius 1 is 1.56 bits per heavy atom. The second kappa shape index (κ2) is 3.97. The smallest absolute Gasteiger partial charge is 0.326 e. The molecule has 0 aliphatic carbocycles. The molecular weight excluding hydrogens is 239 g/mol. The Morgan fingerprint density at radius 3 is 3.11 bits per heavy atom. The molecule has 0 unspecified atom stereocenters. The Kier molecular flexibility index (Phi) is 2.43. The van der Waals surface area contributed by atoms with E-state index >= 15 is 0 Å². The van der Waals surface area contributed by atoms with Crippen LogP contribution in [0.3, 0.4) is 0 Å². The number of benzene rings is 1. The highest BCUT2D eigenvalue weighted by Gasteiger charge is 2.33. The number of fused-ring (bicyclic) bond motifs is 1. The number of aromatic nitrogens is 1. The summed E-state index contributed by atoms with van der Waals surface area (Å²) in [6.07, 6.45) is 1.31. The number of hydrogen-bond acceptors (Lipinski definition) is 4. The van der Waals surface area contributed by atoms with Crippen LogP contribution < -0.4 is 4.90 Å². The molecule has 0 bridgehead atoms. The number of oxazole rings is 1. The Morgan fingerprint density at radius 2 is 2.39 bits per heavy atom. The summed E-state index contributed by atoms with van der Waals surface area (Å²) in [5.74, 6) is -1.37. The van der Waals surface area contributed by atoms with Crippen molar-refractivity contribution in [1.82, 2.24) is 4.98 Å². The van der Waals surface area contributed by atoms with Crippen LogP contribution in [0.5, 0.6) is 0 Å². The molecule has 94 valence electrons. The van der Waals surface area contributed by atoms with Crippen LogP contribution >= 0.6 is 0 Å². The number of hydrogen-bond donors (Lipinski definition) is 1. The van der Waals surface area contributed by atoms with Gasteiger partial charge in [0.25, 0.3) is 6.01 Å². The molecule has 1 fully saturated rings. The summed E-state index contributed by atoms with van der Waals surface area (Å²) in [7, 11) is 0. The molecule has 1 aliphatic rings. The molecule has 5 nitrogen and oxygen atoms in total. The predicted octanol–water partition coefficient (Wildman–Crippen LogP) is 2.02. The van der Waals surface area contributed by atoms with E-state index in [2.05, 4.69) is 4.98 Å². The van der Waals surface area contributed by atoms with Crippen LogP contribution in [0.25, 0.3) is 11.1 Å². The zero-order valence-electron chi connectivity index (χ0n) is 9.47. The van der Waals surface area contributed by atoms with Crippen LogP contribution in [0.1, 0.15) is 12.8 Å². The van der Waals surface area contributed by atoms with Crippen molar-refractivity contribution in [2.75, 3.05) is 11.4 Å². The largest absolute Gasteiger partial charge is 0.480 e. The van der Waals surface area contributed by atoms with Crippen molar-refractivity contribution in [3.8, 4) is 0 Å². The Balaban J connectivity index is 2.04. The van der Waals surface area contributed by atoms with E-state index in [0.717, 1.165) is 6.42 Å². The molecule has 1 N–H and O–H groups in total. The molecule has 1 aromatic carbocycles. The number of anilines is 1. The Bertz CT molecular complexity index is 610. The standard InChI is InChI=1S/C12H11FN2O3/c13-7-3-1-5-9-10(7)14-12(18-9)15-6-2-4-8(15)11(16)17/h1,3,5,8H,2,4,6H2,(H,16,17)/t8-/m0/s1. The van der Waals surface area contributed by atoms with E-state index in [1.54, 1.807) is 11.0 Å². The molecule has 1 aliphatic heterocycles. The van der Waals surface area contributed by atoms with Gasteiger partial charge in [0, 0.05) is 6.54 Å². The maximum Gasteiger partial charge on any atom is 0.326 e. The van der Waals surface area contributed by atoms with Gasteiger partial charge in [0.2, 0.25) is 0 Å². The topological polar surface area (TPSA) is 66.6 Å². The first-order valence-corrected chi connectivity index (χ1v) is 5.71. The van der Waals surface area contributed by atoms with Gasteiger partial charge in [-0.2, -0.15) is 4.98 Å². The van der Waals surface area contributed by atoms with E-state index in [9.17, 15) is 9.18 Å². The van der Waals surface area contributed by atoms with Crippen molar-refractivity contribution in [3.05, 3.63) is 24.0 Å². The first kappa shape index (κ1) is 11.0. The van der Waals surface area contributed by atoms with Gasteiger partial charge in [-0.25, -0.2) is 9.18 Å². The SMILES string of the molecule is O=C(O)[C@@H]1CCCN1c1nc2c(F)cccc2o1. The van der Waals surface area contributed by atoms with E-state index in [1.807, 2.05) is 0 Å². The summed E-state index contributed by atoms with van der Waals surface area (Å²) in [4.78, 5) is 16.7. The number of halogens is 1. The molecule has 0 saturated carbocycles. The highest BCUT2D eigenvalue weighted by atomic mass is 19.1. The Labute approximate surface area is 102 Å². The molecule has 2 aromatic rings. The van der Waals surface area contributed by atoms with Crippen LogP contribution in [0, 0.1) is 5.82 Å². The summed E-state index contributed by atoms with van der Waals surface area (Å²) >= 11 is 0. The Hall–Kier alpha value is -2.11. The lowest BCUT2D eigenvalue weighted by Gasteiger charge is -2.18. The van der Waals surface area contributed by atoms with Gasteiger partial charge in [-0.3, -0.25) is 0 Å². The summed E-state index contributed by atoms with van der Waals surface area (Å²) in [6.45, 7) is 0.561. The summed E-state index contributed by atoms with van der Waals surface area (Å²) in [5, 5.41) is 9.09. The summed E-state index contributed by atoms with van der Waals surface area (Å²) < 4.78 is 18.9. The highest BCUT2D eigenvalue weighted by Crippen LogP contribution is 2.29. The fourth-order valence-corrected chi connectivity index (χ4v) is 2.28. The van der Waals surface area contributed by atoms with Crippen molar-refractivity contribution >= 4 is 23.1 Å². The van der Waals surface area contributed by atoms with Gasteiger partial charge in [0.1, 0.15) is 11.6 Å². The maximum absolute atomic E-state index is 13.5. The number of nitrogens with zero attached hydrogens (tertiary/aromatic N) is 2. The molecule has 3 rings (SSSR count). The molecule has 2 heterocycles. The number of aliphatic carboxylic acids is 1. The third-order valence-electron chi connectivity index (χ3n) is 3.14. The number of carboxylic acid groups (broad SMARTS) is 1. The lowest BCUT2D eigenvalue weighted by Crippen LogP contribution is -2.36. The first-order valence-electron chi connectivity index (χ1n) is 5.71. The zero-order chi connectivity index (χ0) is 12.7. The highest BCUT2D eigenvalue weighted by molar-refractivity contribution is 5.80. The zero-order valence-corrected chi connectivity index (χ0v) is 9.47. The van der Waals surface area contributed by atoms with Gasteiger partial charge in [-0.05, 0) is 25.0 Å². The molecule has 6 heteroatoms. The summed E-state index contributed by atoms with van der Waals surface area (Å²) in [6, 6.07) is 3.99. The third kappa shape index (κ3) is 1.61. The maximum atomic E-state index is 13.5. The number of carbonyl (C=O) groups is 1. The monoisotopic (exact) mass is 250 g/mol. The van der Waals surface area contributed by atoms with Gasteiger partial charge in [0.05, 0.1) is 0 Å². The van der Waals surface area contributed by atoms with Crippen molar-refractivity contribution in [3.63, 3.8) is 0 Å². The fraction of sp³-hybridized carbons (Fsp3) is 0.333. The second-order valence-electron chi connectivity index (χ2n) is 4.27. The molecule has 1 atom stereocenters.